The van der Waals surface area contributed by atoms with Crippen LogP contribution in [0.1, 0.15) is 32.3 Å². The number of amides is 3. The van der Waals surface area contributed by atoms with Crippen molar-refractivity contribution < 1.29 is 24.2 Å². The molecule has 1 aliphatic rings. The second-order valence-corrected chi connectivity index (χ2v) is 7.75. The Hall–Kier alpha value is -2.16. The molecule has 29 heavy (non-hydrogen) atoms. The number of hydrogen-bond acceptors (Lipinski definition) is 5. The summed E-state index contributed by atoms with van der Waals surface area (Å²) in [4.78, 5) is 25.8. The van der Waals surface area contributed by atoms with Gasteiger partial charge < -0.3 is 30.1 Å². The number of urea groups is 1. The Labute approximate surface area is 172 Å². The van der Waals surface area contributed by atoms with Crippen LogP contribution in [0.4, 0.5) is 16.2 Å². The van der Waals surface area contributed by atoms with Gasteiger partial charge in [0, 0.05) is 24.3 Å². The molecule has 1 fully saturated rings. The van der Waals surface area contributed by atoms with Crippen LogP contribution in [0.25, 0.3) is 0 Å². The summed E-state index contributed by atoms with van der Waals surface area (Å²) in [6.07, 6.45) is 1.21. The van der Waals surface area contributed by atoms with Crippen molar-refractivity contribution in [1.29, 1.82) is 0 Å². The van der Waals surface area contributed by atoms with Gasteiger partial charge in [0.25, 0.3) is 0 Å². The predicted octanol–water partition coefficient (Wildman–Crippen LogP) is 2.61. The molecule has 0 aromatic heterocycles. The highest BCUT2D eigenvalue weighted by Crippen LogP contribution is 2.30. The molecular weight excluding hydrogens is 374 g/mol. The lowest BCUT2D eigenvalue weighted by atomic mass is 10.1. The fourth-order valence-electron chi connectivity index (χ4n) is 2.65. The van der Waals surface area contributed by atoms with Gasteiger partial charge in [-0.3, -0.25) is 4.79 Å². The number of likely N-dealkylation sites (N-methyl/N-ethyl adjacent to an activating group) is 1. The highest BCUT2D eigenvalue weighted by Gasteiger charge is 2.29. The average Bonchev–Trinajstić information content (AvgIpc) is 3.49. The van der Waals surface area contributed by atoms with E-state index in [0.717, 1.165) is 18.4 Å². The first kappa shape index (κ1) is 23.1. The van der Waals surface area contributed by atoms with Gasteiger partial charge in [0.05, 0.1) is 38.6 Å². The fourth-order valence-corrected chi connectivity index (χ4v) is 2.65. The smallest absolute Gasteiger partial charge is 0.321 e. The second kappa shape index (κ2) is 11.1. The lowest BCUT2D eigenvalue weighted by molar-refractivity contribution is -0.117. The number of ether oxygens (including phenoxy) is 2. The van der Waals surface area contributed by atoms with Crippen LogP contribution in [-0.2, 0) is 14.3 Å². The molecule has 1 aromatic rings. The lowest BCUT2D eigenvalue weighted by Gasteiger charge is -2.22. The summed E-state index contributed by atoms with van der Waals surface area (Å²) in [6, 6.07) is 5.07. The summed E-state index contributed by atoms with van der Waals surface area (Å²) in [6.45, 7) is 6.89. The number of anilines is 2. The Morgan fingerprint density at radius 3 is 2.62 bits per heavy atom. The third-order valence-electron chi connectivity index (χ3n) is 4.52. The molecule has 0 bridgehead atoms. The maximum Gasteiger partial charge on any atom is 0.321 e. The highest BCUT2D eigenvalue weighted by molar-refractivity contribution is 5.96. The van der Waals surface area contributed by atoms with Crippen LogP contribution in [0.15, 0.2) is 18.2 Å². The first-order chi connectivity index (χ1) is 13.8. The molecule has 1 aromatic carbocycles. The van der Waals surface area contributed by atoms with Crippen LogP contribution >= 0.6 is 0 Å². The number of carbonyl (C=O) groups excluding carboxylic acids is 2. The molecule has 162 valence electrons. The summed E-state index contributed by atoms with van der Waals surface area (Å²) < 4.78 is 10.7. The largest absolute Gasteiger partial charge is 0.389 e. The van der Waals surface area contributed by atoms with Gasteiger partial charge in [-0.2, -0.15) is 0 Å². The van der Waals surface area contributed by atoms with Gasteiger partial charge in [-0.25, -0.2) is 4.79 Å². The van der Waals surface area contributed by atoms with Gasteiger partial charge >= 0.3 is 6.03 Å². The van der Waals surface area contributed by atoms with Gasteiger partial charge in [0.1, 0.15) is 0 Å². The number of rotatable bonds is 11. The minimum Gasteiger partial charge on any atom is -0.389 e. The summed E-state index contributed by atoms with van der Waals surface area (Å²) >= 11 is 0. The fraction of sp³-hybridized carbons (Fsp3) is 0.619. The maximum absolute atomic E-state index is 12.5. The highest BCUT2D eigenvalue weighted by atomic mass is 16.5. The molecule has 0 spiro atoms. The number of nitrogens with zero attached hydrogens (tertiary/aromatic N) is 1. The van der Waals surface area contributed by atoms with Gasteiger partial charge in [-0.05, 0) is 51.3 Å². The summed E-state index contributed by atoms with van der Waals surface area (Å²) in [5, 5.41) is 15.8. The molecule has 0 heterocycles. The van der Waals surface area contributed by atoms with E-state index < -0.39 is 6.10 Å². The first-order valence-electron chi connectivity index (χ1n) is 10.1. The number of aliphatic hydroxyl groups excluding tert-OH is 1. The van der Waals surface area contributed by atoms with E-state index in [2.05, 4.69) is 10.6 Å². The lowest BCUT2D eigenvalue weighted by Crippen LogP contribution is -2.39. The van der Waals surface area contributed by atoms with Crippen LogP contribution in [0, 0.1) is 12.8 Å². The third-order valence-corrected chi connectivity index (χ3v) is 4.52. The van der Waals surface area contributed by atoms with Gasteiger partial charge in [0.2, 0.25) is 5.91 Å². The Morgan fingerprint density at radius 2 is 1.97 bits per heavy atom. The molecule has 1 saturated carbocycles. The Kier molecular flexibility index (Phi) is 8.88. The van der Waals surface area contributed by atoms with Crippen molar-refractivity contribution in [2.75, 3.05) is 44.0 Å². The van der Waals surface area contributed by atoms with Crippen LogP contribution in [0.3, 0.4) is 0 Å². The first-order valence-corrected chi connectivity index (χ1v) is 10.1. The predicted molar refractivity (Wildman–Crippen MR) is 112 cm³/mol. The van der Waals surface area contributed by atoms with E-state index in [4.69, 9.17) is 9.47 Å². The average molecular weight is 408 g/mol. The zero-order valence-corrected chi connectivity index (χ0v) is 17.7. The minimum atomic E-state index is -0.796. The van der Waals surface area contributed by atoms with E-state index in [-0.39, 0.29) is 37.1 Å². The number of benzene rings is 1. The van der Waals surface area contributed by atoms with Crippen LogP contribution in [0.2, 0.25) is 0 Å². The van der Waals surface area contributed by atoms with Crippen LogP contribution in [0.5, 0.6) is 0 Å². The van der Waals surface area contributed by atoms with Crippen molar-refractivity contribution in [3.05, 3.63) is 23.8 Å². The maximum atomic E-state index is 12.5. The van der Waals surface area contributed by atoms with Gasteiger partial charge in [-0.1, -0.05) is 6.07 Å². The van der Waals surface area contributed by atoms with E-state index in [1.807, 2.05) is 32.9 Å². The molecule has 8 heteroatoms. The van der Waals surface area contributed by atoms with Crippen LogP contribution in [-0.4, -0.2) is 67.6 Å². The molecule has 1 aliphatic carbocycles. The molecule has 3 amide bonds. The van der Waals surface area contributed by atoms with Crippen molar-refractivity contribution in [3.8, 4) is 0 Å². The molecule has 8 nitrogen and oxygen atoms in total. The van der Waals surface area contributed by atoms with Crippen LogP contribution < -0.4 is 10.6 Å². The van der Waals surface area contributed by atoms with E-state index in [9.17, 15) is 14.7 Å². The molecule has 2 rings (SSSR count). The van der Waals surface area contributed by atoms with E-state index in [1.165, 1.54) is 4.90 Å². The van der Waals surface area contributed by atoms with E-state index in [0.29, 0.717) is 24.6 Å². The molecule has 1 atom stereocenters. The topological polar surface area (TPSA) is 100 Å². The van der Waals surface area contributed by atoms with Crippen molar-refractivity contribution in [2.45, 2.75) is 45.8 Å². The van der Waals surface area contributed by atoms with Crippen molar-refractivity contribution in [1.82, 2.24) is 4.90 Å². The van der Waals surface area contributed by atoms with Crippen molar-refractivity contribution in [3.63, 3.8) is 0 Å². The molecular formula is C21H33N3O5. The molecule has 0 aliphatic heterocycles. The SMILES string of the molecule is Cc1ccc(NC(=O)C2CC2)cc1NC(=O)N(C)CC(O)COCCOC(C)C. The molecule has 0 radical (unpaired) electrons. The number of aryl methyl sites for hydroxylation is 1. The monoisotopic (exact) mass is 407 g/mol. The number of carbonyl (C=O) groups is 2. The Morgan fingerprint density at radius 1 is 1.24 bits per heavy atom. The summed E-state index contributed by atoms with van der Waals surface area (Å²) in [5.74, 6) is 0.131. The number of hydrogen-bond donors (Lipinski definition) is 3. The number of aliphatic hydroxyl groups is 1. The zero-order chi connectivity index (χ0) is 21.4. The Bertz CT molecular complexity index is 691. The summed E-state index contributed by atoms with van der Waals surface area (Å²) in [5.41, 5.74) is 2.15. The summed E-state index contributed by atoms with van der Waals surface area (Å²) in [7, 11) is 1.61. The zero-order valence-electron chi connectivity index (χ0n) is 17.7. The minimum absolute atomic E-state index is 0.0187. The molecule has 3 N–H and O–H groups in total. The molecule has 0 saturated heterocycles. The van der Waals surface area contributed by atoms with E-state index >= 15 is 0 Å². The normalized spacial score (nSPS) is 14.6. The van der Waals surface area contributed by atoms with Crippen molar-refractivity contribution >= 4 is 23.3 Å². The molecule has 1 unspecified atom stereocenters. The number of nitrogens with one attached hydrogen (secondary N) is 2. The second-order valence-electron chi connectivity index (χ2n) is 7.75. The third kappa shape index (κ3) is 8.39. The van der Waals surface area contributed by atoms with Crippen molar-refractivity contribution in [2.24, 2.45) is 5.92 Å². The quantitative estimate of drug-likeness (QED) is 0.490. The Balaban J connectivity index is 1.78. The van der Waals surface area contributed by atoms with Gasteiger partial charge in [-0.15, -0.1) is 0 Å². The van der Waals surface area contributed by atoms with Gasteiger partial charge in [0.15, 0.2) is 0 Å². The van der Waals surface area contributed by atoms with E-state index in [1.54, 1.807) is 13.1 Å². The standard InChI is InChI=1S/C21H33N3O5/c1-14(2)29-10-9-28-13-18(25)12-24(4)21(27)23-19-11-17(8-5-15(19)3)22-20(26)16-6-7-16/h5,8,11,14,16,18,25H,6-7,9-10,12-13H2,1-4H3,(H,22,26)(H,23,27).